The predicted molar refractivity (Wildman–Crippen MR) is 90.1 cm³/mol. The van der Waals surface area contributed by atoms with Crippen LogP contribution in [0.3, 0.4) is 0 Å². The maximum atomic E-state index is 12.5. The minimum atomic E-state index is -0.220. The molecule has 24 heavy (non-hydrogen) atoms. The van der Waals surface area contributed by atoms with Crippen LogP contribution in [0, 0.1) is 0 Å². The van der Waals surface area contributed by atoms with Gasteiger partial charge in [-0.1, -0.05) is 6.92 Å². The van der Waals surface area contributed by atoms with Crippen LogP contribution in [0.1, 0.15) is 25.5 Å². The molecule has 2 aliphatic rings. The molecule has 0 aliphatic carbocycles. The minimum Gasteiger partial charge on any atom is -0.368 e. The van der Waals surface area contributed by atoms with Gasteiger partial charge in [-0.05, 0) is 19.3 Å². The molecular formula is C17H23N5O2. The number of piperazine rings is 1. The van der Waals surface area contributed by atoms with E-state index in [4.69, 9.17) is 4.74 Å². The van der Waals surface area contributed by atoms with E-state index in [1.807, 2.05) is 15.5 Å². The van der Waals surface area contributed by atoms with E-state index in [0.717, 1.165) is 62.6 Å². The molecule has 7 nitrogen and oxygen atoms in total. The molecule has 128 valence electrons. The fraction of sp³-hybridized carbons (Fsp3) is 0.588. The van der Waals surface area contributed by atoms with Gasteiger partial charge in [0.2, 0.25) is 0 Å². The lowest BCUT2D eigenvalue weighted by Crippen LogP contribution is -2.51. The van der Waals surface area contributed by atoms with E-state index in [-0.39, 0.29) is 12.0 Å². The van der Waals surface area contributed by atoms with E-state index >= 15 is 0 Å². The first-order chi connectivity index (χ1) is 11.8. The van der Waals surface area contributed by atoms with Crippen LogP contribution in [-0.2, 0) is 16.0 Å². The second kappa shape index (κ2) is 6.39. The van der Waals surface area contributed by atoms with Gasteiger partial charge in [0.15, 0.2) is 5.65 Å². The smallest absolute Gasteiger partial charge is 0.251 e. The number of hydrogen-bond acceptors (Lipinski definition) is 5. The van der Waals surface area contributed by atoms with Crippen molar-refractivity contribution in [2.45, 2.75) is 32.3 Å². The molecule has 0 N–H and O–H groups in total. The zero-order valence-corrected chi connectivity index (χ0v) is 14.0. The van der Waals surface area contributed by atoms with E-state index in [9.17, 15) is 4.79 Å². The molecule has 0 saturated carbocycles. The minimum absolute atomic E-state index is 0.153. The summed E-state index contributed by atoms with van der Waals surface area (Å²) in [5.74, 6) is 1.21. The van der Waals surface area contributed by atoms with Crippen LogP contribution in [0.15, 0.2) is 18.3 Å². The highest BCUT2D eigenvalue weighted by atomic mass is 16.5. The number of amides is 1. The zero-order chi connectivity index (χ0) is 16.5. The Hall–Kier alpha value is -2.15. The number of carbonyl (C=O) groups is 1. The van der Waals surface area contributed by atoms with Crippen molar-refractivity contribution in [2.24, 2.45) is 0 Å². The summed E-state index contributed by atoms with van der Waals surface area (Å²) in [4.78, 5) is 21.3. The van der Waals surface area contributed by atoms with Crippen LogP contribution in [-0.4, -0.2) is 64.3 Å². The van der Waals surface area contributed by atoms with Gasteiger partial charge < -0.3 is 14.5 Å². The first-order valence-electron chi connectivity index (χ1n) is 8.75. The molecule has 0 aromatic carbocycles. The SMILES string of the molecule is CCc1cc(N2CCN(C(=O)[C@@H]3CCCO3)CC2)n2nccc2n1. The van der Waals surface area contributed by atoms with Crippen molar-refractivity contribution in [3.8, 4) is 0 Å². The first kappa shape index (κ1) is 15.4. The molecule has 1 atom stereocenters. The van der Waals surface area contributed by atoms with Crippen molar-refractivity contribution in [2.75, 3.05) is 37.7 Å². The van der Waals surface area contributed by atoms with E-state index in [1.54, 1.807) is 6.20 Å². The number of anilines is 1. The van der Waals surface area contributed by atoms with Crippen LogP contribution in [0.25, 0.3) is 5.65 Å². The van der Waals surface area contributed by atoms with E-state index in [2.05, 4.69) is 28.0 Å². The molecule has 0 bridgehead atoms. The molecule has 0 radical (unpaired) electrons. The van der Waals surface area contributed by atoms with E-state index in [1.165, 1.54) is 0 Å². The van der Waals surface area contributed by atoms with Crippen molar-refractivity contribution in [1.82, 2.24) is 19.5 Å². The molecule has 1 amide bonds. The standard InChI is InChI=1S/C17H23N5O2/c1-2-13-12-16(22-15(19-13)5-6-18-22)20-7-9-21(10-8-20)17(23)14-4-3-11-24-14/h5-6,12,14H,2-4,7-11H2,1H3/t14-/m0/s1. The van der Waals surface area contributed by atoms with Crippen LogP contribution in [0.4, 0.5) is 5.82 Å². The second-order valence-electron chi connectivity index (χ2n) is 6.37. The largest absolute Gasteiger partial charge is 0.368 e. The van der Waals surface area contributed by atoms with Crippen LogP contribution in [0.5, 0.6) is 0 Å². The molecule has 2 aromatic heterocycles. The third-order valence-corrected chi connectivity index (χ3v) is 4.88. The molecular weight excluding hydrogens is 306 g/mol. The highest BCUT2D eigenvalue weighted by Crippen LogP contribution is 2.21. The Morgan fingerprint density at radius 3 is 2.88 bits per heavy atom. The molecule has 7 heteroatoms. The van der Waals surface area contributed by atoms with Crippen LogP contribution in [0.2, 0.25) is 0 Å². The van der Waals surface area contributed by atoms with Gasteiger partial charge in [0.1, 0.15) is 11.9 Å². The van der Waals surface area contributed by atoms with Crippen molar-refractivity contribution < 1.29 is 9.53 Å². The monoisotopic (exact) mass is 329 g/mol. The molecule has 4 rings (SSSR count). The van der Waals surface area contributed by atoms with Crippen LogP contribution >= 0.6 is 0 Å². The van der Waals surface area contributed by atoms with Gasteiger partial charge >= 0.3 is 0 Å². The summed E-state index contributed by atoms with van der Waals surface area (Å²) in [5, 5.41) is 4.40. The Morgan fingerprint density at radius 1 is 1.33 bits per heavy atom. The Labute approximate surface area is 141 Å². The third-order valence-electron chi connectivity index (χ3n) is 4.88. The fourth-order valence-electron chi connectivity index (χ4n) is 3.49. The quantitative estimate of drug-likeness (QED) is 0.844. The van der Waals surface area contributed by atoms with Crippen molar-refractivity contribution >= 4 is 17.4 Å². The Kier molecular flexibility index (Phi) is 4.10. The maximum Gasteiger partial charge on any atom is 0.251 e. The van der Waals surface area contributed by atoms with Crippen molar-refractivity contribution in [1.29, 1.82) is 0 Å². The van der Waals surface area contributed by atoms with Gasteiger partial charge in [-0.3, -0.25) is 4.79 Å². The molecule has 4 heterocycles. The number of ether oxygens (including phenoxy) is 1. The van der Waals surface area contributed by atoms with Gasteiger partial charge in [0, 0.05) is 50.6 Å². The van der Waals surface area contributed by atoms with Gasteiger partial charge in [0.25, 0.3) is 5.91 Å². The molecule has 2 aromatic rings. The summed E-state index contributed by atoms with van der Waals surface area (Å²) >= 11 is 0. The summed E-state index contributed by atoms with van der Waals surface area (Å²) in [7, 11) is 0. The highest BCUT2D eigenvalue weighted by Gasteiger charge is 2.30. The lowest BCUT2D eigenvalue weighted by atomic mass is 10.2. The highest BCUT2D eigenvalue weighted by molar-refractivity contribution is 5.81. The number of hydrogen-bond donors (Lipinski definition) is 0. The second-order valence-corrected chi connectivity index (χ2v) is 6.37. The van der Waals surface area contributed by atoms with Gasteiger partial charge in [0.05, 0.1) is 6.20 Å². The number of fused-ring (bicyclic) bond motifs is 1. The number of aryl methyl sites for hydroxylation is 1. The number of aromatic nitrogens is 3. The predicted octanol–water partition coefficient (Wildman–Crippen LogP) is 1.12. The average molecular weight is 329 g/mol. The normalized spacial score (nSPS) is 21.6. The fourth-order valence-corrected chi connectivity index (χ4v) is 3.49. The lowest BCUT2D eigenvalue weighted by Gasteiger charge is -2.36. The van der Waals surface area contributed by atoms with Gasteiger partial charge in [-0.15, -0.1) is 0 Å². The molecule has 2 saturated heterocycles. The Bertz CT molecular complexity index is 730. The van der Waals surface area contributed by atoms with E-state index < -0.39 is 0 Å². The maximum absolute atomic E-state index is 12.5. The van der Waals surface area contributed by atoms with Crippen LogP contribution < -0.4 is 4.90 Å². The number of rotatable bonds is 3. The zero-order valence-electron chi connectivity index (χ0n) is 14.0. The average Bonchev–Trinajstić information content (AvgIpc) is 3.31. The van der Waals surface area contributed by atoms with Crippen molar-refractivity contribution in [3.63, 3.8) is 0 Å². The summed E-state index contributed by atoms with van der Waals surface area (Å²) in [6.07, 6.45) is 4.30. The summed E-state index contributed by atoms with van der Waals surface area (Å²) in [6.45, 7) is 5.89. The topological polar surface area (TPSA) is 63.0 Å². The van der Waals surface area contributed by atoms with Crippen molar-refractivity contribution in [3.05, 3.63) is 24.0 Å². The van der Waals surface area contributed by atoms with E-state index in [0.29, 0.717) is 6.61 Å². The summed E-state index contributed by atoms with van der Waals surface area (Å²) < 4.78 is 7.42. The molecule has 0 spiro atoms. The summed E-state index contributed by atoms with van der Waals surface area (Å²) in [5.41, 5.74) is 1.94. The van der Waals surface area contributed by atoms with Gasteiger partial charge in [-0.25, -0.2) is 4.98 Å². The number of nitrogens with zero attached hydrogens (tertiary/aromatic N) is 5. The molecule has 2 fully saturated rings. The number of carbonyl (C=O) groups excluding carboxylic acids is 1. The molecule has 0 unspecified atom stereocenters. The van der Waals surface area contributed by atoms with Gasteiger partial charge in [-0.2, -0.15) is 9.61 Å². The Balaban J connectivity index is 1.49. The molecule has 2 aliphatic heterocycles. The first-order valence-corrected chi connectivity index (χ1v) is 8.75. The summed E-state index contributed by atoms with van der Waals surface area (Å²) in [6, 6.07) is 4.04. The lowest BCUT2D eigenvalue weighted by molar-refractivity contribution is -0.141. The third kappa shape index (κ3) is 2.73. The Morgan fingerprint density at radius 2 is 2.17 bits per heavy atom.